The number of unbranched alkanes of at least 4 members (excludes halogenated alkanes) is 1. The van der Waals surface area contributed by atoms with E-state index in [-0.39, 0.29) is 16.7 Å². The Morgan fingerprint density at radius 3 is 2.14 bits per heavy atom. The molecule has 1 aliphatic heterocycles. The summed E-state index contributed by atoms with van der Waals surface area (Å²) < 4.78 is 0. The highest BCUT2D eigenvalue weighted by molar-refractivity contribution is 5.95. The van der Waals surface area contributed by atoms with Gasteiger partial charge >= 0.3 is 0 Å². The number of amides is 1. The molecule has 1 unspecified atom stereocenters. The first-order valence-corrected chi connectivity index (χ1v) is 8.26. The van der Waals surface area contributed by atoms with Crippen molar-refractivity contribution in [2.24, 2.45) is 10.8 Å². The highest BCUT2D eigenvalue weighted by Crippen LogP contribution is 2.40. The van der Waals surface area contributed by atoms with Gasteiger partial charge in [-0.3, -0.25) is 4.79 Å². The molecule has 0 aromatic heterocycles. The van der Waals surface area contributed by atoms with Crippen LogP contribution in [0.15, 0.2) is 11.3 Å². The second-order valence-electron chi connectivity index (χ2n) is 8.34. The predicted molar refractivity (Wildman–Crippen MR) is 90.0 cm³/mol. The lowest BCUT2D eigenvalue weighted by molar-refractivity contribution is -0.118. The number of nitrogens with zero attached hydrogens (tertiary/aromatic N) is 1. The third-order valence-corrected chi connectivity index (χ3v) is 4.21. The zero-order valence-corrected chi connectivity index (χ0v) is 15.3. The molecule has 0 bridgehead atoms. The van der Waals surface area contributed by atoms with Crippen LogP contribution in [0.1, 0.15) is 67.7 Å². The second-order valence-corrected chi connectivity index (χ2v) is 8.34. The molecule has 0 spiro atoms. The van der Waals surface area contributed by atoms with Gasteiger partial charge in [-0.1, -0.05) is 61.3 Å². The highest BCUT2D eigenvalue weighted by Gasteiger charge is 2.38. The van der Waals surface area contributed by atoms with Gasteiger partial charge in [0.1, 0.15) is 0 Å². The number of carbonyl (C=O) groups is 1. The van der Waals surface area contributed by atoms with Gasteiger partial charge in [-0.25, -0.2) is 0 Å². The maximum Gasteiger partial charge on any atom is 0.249 e. The van der Waals surface area contributed by atoms with E-state index >= 15 is 0 Å². The molecule has 3 heteroatoms. The van der Waals surface area contributed by atoms with E-state index in [1.54, 1.807) is 0 Å². The first-order valence-electron chi connectivity index (χ1n) is 8.26. The molecule has 0 aromatic rings. The van der Waals surface area contributed by atoms with Crippen molar-refractivity contribution in [2.45, 2.75) is 73.8 Å². The van der Waals surface area contributed by atoms with E-state index in [0.29, 0.717) is 6.04 Å². The van der Waals surface area contributed by atoms with E-state index < -0.39 is 0 Å². The van der Waals surface area contributed by atoms with Crippen LogP contribution >= 0.6 is 0 Å². The molecule has 1 N–H and O–H groups in total. The van der Waals surface area contributed by atoms with Gasteiger partial charge in [-0.2, -0.15) is 0 Å². The quantitative estimate of drug-likeness (QED) is 0.854. The number of hydrogen-bond donors (Lipinski definition) is 1. The number of carbonyl (C=O) groups excluding carboxylic acids is 1. The van der Waals surface area contributed by atoms with Gasteiger partial charge in [0, 0.05) is 36.3 Å². The molecule has 0 fully saturated rings. The summed E-state index contributed by atoms with van der Waals surface area (Å²) in [6, 6.07) is 0.392. The van der Waals surface area contributed by atoms with Crippen molar-refractivity contribution < 1.29 is 4.79 Å². The zero-order chi connectivity index (χ0) is 16.4. The summed E-state index contributed by atoms with van der Waals surface area (Å²) in [7, 11) is 2.16. The third-order valence-electron chi connectivity index (χ3n) is 4.21. The smallest absolute Gasteiger partial charge is 0.249 e. The van der Waals surface area contributed by atoms with Crippen LogP contribution in [0.5, 0.6) is 0 Å². The molecule has 0 aliphatic carbocycles. The van der Waals surface area contributed by atoms with Crippen molar-refractivity contribution in [3.05, 3.63) is 11.3 Å². The van der Waals surface area contributed by atoms with Gasteiger partial charge in [0.15, 0.2) is 0 Å². The van der Waals surface area contributed by atoms with E-state index in [1.807, 2.05) is 0 Å². The maximum absolute atomic E-state index is 12.7. The molecule has 1 rings (SSSR count). The van der Waals surface area contributed by atoms with E-state index in [4.69, 9.17) is 0 Å². The van der Waals surface area contributed by atoms with E-state index in [1.165, 1.54) is 18.5 Å². The number of allylic oxidation sites excluding steroid dienone is 1. The molecular weight excluding hydrogens is 260 g/mol. The standard InChI is InChI=1S/C18H34N2O/c1-9-10-11-13-12-19-16(21)14(17(2,3)4)15(20(13)8)18(5,6)7/h13H,9-12H2,1-8H3,(H,19,21). The summed E-state index contributed by atoms with van der Waals surface area (Å²) in [5, 5.41) is 3.15. The third kappa shape index (κ3) is 4.24. The topological polar surface area (TPSA) is 32.3 Å². The molecule has 3 nitrogen and oxygen atoms in total. The Morgan fingerprint density at radius 1 is 1.14 bits per heavy atom. The zero-order valence-electron chi connectivity index (χ0n) is 15.3. The fourth-order valence-electron chi connectivity index (χ4n) is 3.24. The molecule has 1 heterocycles. The van der Waals surface area contributed by atoms with Crippen LogP contribution in [0.4, 0.5) is 0 Å². The van der Waals surface area contributed by atoms with Gasteiger partial charge in [0.2, 0.25) is 5.91 Å². The van der Waals surface area contributed by atoms with Crippen molar-refractivity contribution in [1.82, 2.24) is 10.2 Å². The summed E-state index contributed by atoms with van der Waals surface area (Å²) in [4.78, 5) is 15.1. The SMILES string of the molecule is CCCCC1CNC(=O)C(C(C)(C)C)=C(C(C)(C)C)N1C. The monoisotopic (exact) mass is 294 g/mol. The molecule has 0 saturated heterocycles. The fraction of sp³-hybridized carbons (Fsp3) is 0.833. The van der Waals surface area contributed by atoms with Crippen LogP contribution in [0.25, 0.3) is 0 Å². The molecule has 0 radical (unpaired) electrons. The normalized spacial score (nSPS) is 21.4. The first kappa shape index (κ1) is 18.1. The van der Waals surface area contributed by atoms with Crippen LogP contribution in [0, 0.1) is 10.8 Å². The molecule has 21 heavy (non-hydrogen) atoms. The van der Waals surface area contributed by atoms with Gasteiger partial charge in [-0.05, 0) is 11.8 Å². The Balaban J connectivity index is 3.37. The Kier molecular flexibility index (Phi) is 5.51. The Labute approximate surface area is 131 Å². The number of likely N-dealkylation sites (N-methyl/N-ethyl adjacent to an activating group) is 1. The minimum atomic E-state index is -0.152. The van der Waals surface area contributed by atoms with E-state index in [9.17, 15) is 4.79 Å². The molecular formula is C18H34N2O. The van der Waals surface area contributed by atoms with E-state index in [0.717, 1.165) is 18.5 Å². The highest BCUT2D eigenvalue weighted by atomic mass is 16.1. The summed E-state index contributed by atoms with van der Waals surface area (Å²) >= 11 is 0. The lowest BCUT2D eigenvalue weighted by Gasteiger charge is -2.39. The molecule has 1 aliphatic rings. The van der Waals surface area contributed by atoms with Gasteiger partial charge in [0.05, 0.1) is 0 Å². The van der Waals surface area contributed by atoms with Crippen LogP contribution < -0.4 is 5.32 Å². The predicted octanol–water partition coefficient (Wildman–Crippen LogP) is 3.95. The average Bonchev–Trinajstić information content (AvgIpc) is 2.43. The van der Waals surface area contributed by atoms with Gasteiger partial charge in [-0.15, -0.1) is 0 Å². The number of nitrogens with one attached hydrogen (secondary N) is 1. The summed E-state index contributed by atoms with van der Waals surface area (Å²) in [6.07, 6.45) is 3.52. The second kappa shape index (κ2) is 6.41. The van der Waals surface area contributed by atoms with Gasteiger partial charge in [0.25, 0.3) is 0 Å². The molecule has 1 amide bonds. The number of rotatable bonds is 3. The summed E-state index contributed by atoms with van der Waals surface area (Å²) in [5.74, 6) is 0.110. The van der Waals surface area contributed by atoms with Crippen LogP contribution in [-0.4, -0.2) is 30.4 Å². The molecule has 0 aromatic carbocycles. The summed E-state index contributed by atoms with van der Waals surface area (Å²) in [5.41, 5.74) is 1.95. The first-order chi connectivity index (χ1) is 9.50. The van der Waals surface area contributed by atoms with Crippen LogP contribution in [0.3, 0.4) is 0 Å². The molecule has 122 valence electrons. The Bertz CT molecular complexity index is 410. The average molecular weight is 294 g/mol. The van der Waals surface area contributed by atoms with Crippen molar-refractivity contribution in [2.75, 3.05) is 13.6 Å². The Morgan fingerprint density at radius 2 is 1.71 bits per heavy atom. The number of hydrogen-bond acceptors (Lipinski definition) is 2. The van der Waals surface area contributed by atoms with Crippen molar-refractivity contribution in [3.63, 3.8) is 0 Å². The largest absolute Gasteiger partial charge is 0.372 e. The molecule has 0 saturated carbocycles. The van der Waals surface area contributed by atoms with Crippen LogP contribution in [0.2, 0.25) is 0 Å². The van der Waals surface area contributed by atoms with Crippen molar-refractivity contribution in [1.29, 1.82) is 0 Å². The fourth-order valence-corrected chi connectivity index (χ4v) is 3.24. The minimum Gasteiger partial charge on any atom is -0.372 e. The molecule has 1 atom stereocenters. The minimum absolute atomic E-state index is 0.0382. The lowest BCUT2D eigenvalue weighted by Crippen LogP contribution is -2.40. The van der Waals surface area contributed by atoms with Crippen molar-refractivity contribution in [3.8, 4) is 0 Å². The van der Waals surface area contributed by atoms with Crippen molar-refractivity contribution >= 4 is 5.91 Å². The van der Waals surface area contributed by atoms with E-state index in [2.05, 4.69) is 65.7 Å². The summed E-state index contributed by atoms with van der Waals surface area (Å²) in [6.45, 7) is 16.0. The van der Waals surface area contributed by atoms with Crippen LogP contribution in [-0.2, 0) is 4.79 Å². The lowest BCUT2D eigenvalue weighted by atomic mass is 9.77. The van der Waals surface area contributed by atoms with Gasteiger partial charge < -0.3 is 10.2 Å². The Hall–Kier alpha value is -0.990. The maximum atomic E-state index is 12.7.